The van der Waals surface area contributed by atoms with Crippen molar-refractivity contribution in [1.29, 1.82) is 0 Å². The van der Waals surface area contributed by atoms with Crippen molar-refractivity contribution in [2.75, 3.05) is 26.2 Å². The van der Waals surface area contributed by atoms with E-state index in [1.165, 1.54) is 11.1 Å². The molecule has 5 heteroatoms. The van der Waals surface area contributed by atoms with Crippen LogP contribution in [0.1, 0.15) is 17.2 Å². The standard InChI is InChI=1S/C15H17FN2S.ClH/c16-14-3-1-12(2-4-14)15(13-5-10-19-11-13)18-8-6-17-7-9-18;/h1-5,10-11,15,17H,6-9H2;1H/t15-;/m1./s1. The summed E-state index contributed by atoms with van der Waals surface area (Å²) in [5.74, 6) is -0.173. The van der Waals surface area contributed by atoms with Gasteiger partial charge in [0.1, 0.15) is 5.82 Å². The zero-order chi connectivity index (χ0) is 13.1. The van der Waals surface area contributed by atoms with Crippen LogP contribution >= 0.6 is 23.7 Å². The fourth-order valence-electron chi connectivity index (χ4n) is 2.63. The molecule has 0 aliphatic carbocycles. The number of benzene rings is 1. The van der Waals surface area contributed by atoms with Gasteiger partial charge in [0.15, 0.2) is 0 Å². The summed E-state index contributed by atoms with van der Waals surface area (Å²) in [5.41, 5.74) is 2.47. The molecule has 1 saturated heterocycles. The minimum atomic E-state index is -0.173. The number of hydrogen-bond acceptors (Lipinski definition) is 3. The second kappa shape index (κ2) is 7.18. The first-order valence-corrected chi connectivity index (χ1v) is 7.51. The van der Waals surface area contributed by atoms with Gasteiger partial charge >= 0.3 is 0 Å². The third-order valence-corrected chi connectivity index (χ3v) is 4.26. The number of nitrogens with zero attached hydrogens (tertiary/aromatic N) is 1. The molecule has 0 amide bonds. The zero-order valence-corrected chi connectivity index (χ0v) is 12.7. The molecule has 0 saturated carbocycles. The number of nitrogens with one attached hydrogen (secondary N) is 1. The molecule has 1 fully saturated rings. The quantitative estimate of drug-likeness (QED) is 0.935. The molecule has 2 heterocycles. The normalized spacial score (nSPS) is 17.4. The molecule has 1 aromatic carbocycles. The summed E-state index contributed by atoms with van der Waals surface area (Å²) in [6.45, 7) is 4.08. The van der Waals surface area contributed by atoms with Crippen molar-refractivity contribution in [3.05, 3.63) is 58.0 Å². The Balaban J connectivity index is 0.00000147. The van der Waals surface area contributed by atoms with Crippen LogP contribution in [-0.4, -0.2) is 31.1 Å². The van der Waals surface area contributed by atoms with E-state index < -0.39 is 0 Å². The number of hydrogen-bond donors (Lipinski definition) is 1. The van der Waals surface area contributed by atoms with Crippen LogP contribution in [0.25, 0.3) is 0 Å². The van der Waals surface area contributed by atoms with E-state index in [9.17, 15) is 4.39 Å². The molecule has 20 heavy (non-hydrogen) atoms. The van der Waals surface area contributed by atoms with Crippen LogP contribution in [0.5, 0.6) is 0 Å². The SMILES string of the molecule is Cl.Fc1ccc([C@H](c2ccsc2)N2CCNCC2)cc1. The molecular weight excluding hydrogens is 295 g/mol. The van der Waals surface area contributed by atoms with E-state index in [4.69, 9.17) is 0 Å². The summed E-state index contributed by atoms with van der Waals surface area (Å²) in [6.07, 6.45) is 0. The van der Waals surface area contributed by atoms with Crippen LogP contribution in [0.2, 0.25) is 0 Å². The molecule has 0 unspecified atom stereocenters. The predicted molar refractivity (Wildman–Crippen MR) is 84.3 cm³/mol. The van der Waals surface area contributed by atoms with E-state index in [0.717, 1.165) is 26.2 Å². The number of thiophene rings is 1. The Kier molecular flexibility index (Phi) is 5.54. The van der Waals surface area contributed by atoms with Gasteiger partial charge < -0.3 is 5.32 Å². The van der Waals surface area contributed by atoms with Crippen molar-refractivity contribution in [2.24, 2.45) is 0 Å². The molecule has 1 aliphatic rings. The summed E-state index contributed by atoms with van der Waals surface area (Å²) in [7, 11) is 0. The van der Waals surface area contributed by atoms with Crippen molar-refractivity contribution < 1.29 is 4.39 Å². The summed E-state index contributed by atoms with van der Waals surface area (Å²) < 4.78 is 13.1. The lowest BCUT2D eigenvalue weighted by Crippen LogP contribution is -2.45. The summed E-state index contributed by atoms with van der Waals surface area (Å²) in [4.78, 5) is 2.46. The Morgan fingerprint density at radius 3 is 2.35 bits per heavy atom. The van der Waals surface area contributed by atoms with Crippen LogP contribution in [-0.2, 0) is 0 Å². The molecule has 2 nitrogen and oxygen atoms in total. The lowest BCUT2D eigenvalue weighted by atomic mass is 9.99. The Hall–Kier alpha value is -0.940. The largest absolute Gasteiger partial charge is 0.314 e. The fraction of sp³-hybridized carbons (Fsp3) is 0.333. The molecule has 0 spiro atoms. The molecular formula is C15H18ClFN2S. The highest BCUT2D eigenvalue weighted by Crippen LogP contribution is 2.30. The van der Waals surface area contributed by atoms with Gasteiger partial charge in [-0.3, -0.25) is 4.90 Å². The van der Waals surface area contributed by atoms with Crippen LogP contribution in [0, 0.1) is 5.82 Å². The first kappa shape index (κ1) is 15.4. The smallest absolute Gasteiger partial charge is 0.123 e. The lowest BCUT2D eigenvalue weighted by Gasteiger charge is -2.35. The van der Waals surface area contributed by atoms with E-state index in [-0.39, 0.29) is 24.3 Å². The average molecular weight is 313 g/mol. The lowest BCUT2D eigenvalue weighted by molar-refractivity contribution is 0.198. The number of rotatable bonds is 3. The van der Waals surface area contributed by atoms with E-state index in [1.54, 1.807) is 23.5 Å². The molecule has 0 bridgehead atoms. The third kappa shape index (κ3) is 3.38. The van der Waals surface area contributed by atoms with E-state index >= 15 is 0 Å². The van der Waals surface area contributed by atoms with E-state index in [1.807, 2.05) is 12.1 Å². The second-order valence-corrected chi connectivity index (χ2v) is 5.58. The maximum Gasteiger partial charge on any atom is 0.123 e. The van der Waals surface area contributed by atoms with Crippen molar-refractivity contribution in [3.8, 4) is 0 Å². The summed E-state index contributed by atoms with van der Waals surface area (Å²) >= 11 is 1.71. The van der Waals surface area contributed by atoms with Crippen LogP contribution in [0.15, 0.2) is 41.1 Å². The Morgan fingerprint density at radius 2 is 1.75 bits per heavy atom. The first-order valence-electron chi connectivity index (χ1n) is 6.57. The predicted octanol–water partition coefficient (Wildman–Crippen LogP) is 3.30. The van der Waals surface area contributed by atoms with Gasteiger partial charge in [0.25, 0.3) is 0 Å². The third-order valence-electron chi connectivity index (χ3n) is 3.56. The Bertz CT molecular complexity index is 509. The number of piperazine rings is 1. The van der Waals surface area contributed by atoms with Gasteiger partial charge in [-0.1, -0.05) is 12.1 Å². The molecule has 1 atom stereocenters. The summed E-state index contributed by atoms with van der Waals surface area (Å²) in [5, 5.41) is 7.67. The van der Waals surface area contributed by atoms with E-state index in [2.05, 4.69) is 27.0 Å². The number of halogens is 2. The Morgan fingerprint density at radius 1 is 1.05 bits per heavy atom. The molecule has 2 aromatic rings. The molecule has 3 rings (SSSR count). The van der Waals surface area contributed by atoms with Gasteiger partial charge in [-0.15, -0.1) is 12.4 Å². The van der Waals surface area contributed by atoms with Crippen molar-refractivity contribution in [2.45, 2.75) is 6.04 Å². The monoisotopic (exact) mass is 312 g/mol. The topological polar surface area (TPSA) is 15.3 Å². The second-order valence-electron chi connectivity index (χ2n) is 4.80. The molecule has 0 radical (unpaired) electrons. The minimum absolute atomic E-state index is 0. The minimum Gasteiger partial charge on any atom is -0.314 e. The highest BCUT2D eigenvalue weighted by Gasteiger charge is 2.23. The molecule has 1 aromatic heterocycles. The van der Waals surface area contributed by atoms with E-state index in [0.29, 0.717) is 0 Å². The fourth-order valence-corrected chi connectivity index (χ4v) is 3.31. The van der Waals surface area contributed by atoms with Gasteiger partial charge in [-0.25, -0.2) is 4.39 Å². The van der Waals surface area contributed by atoms with Crippen LogP contribution in [0.3, 0.4) is 0 Å². The maximum atomic E-state index is 13.1. The maximum absolute atomic E-state index is 13.1. The van der Waals surface area contributed by atoms with Gasteiger partial charge in [0.2, 0.25) is 0 Å². The van der Waals surface area contributed by atoms with Crippen molar-refractivity contribution >= 4 is 23.7 Å². The van der Waals surface area contributed by atoms with Gasteiger partial charge in [0, 0.05) is 26.2 Å². The zero-order valence-electron chi connectivity index (χ0n) is 11.1. The first-order chi connectivity index (χ1) is 9.34. The molecule has 108 valence electrons. The Labute approximate surface area is 129 Å². The molecule has 1 aliphatic heterocycles. The highest BCUT2D eigenvalue weighted by atomic mass is 35.5. The van der Waals surface area contributed by atoms with Gasteiger partial charge in [-0.2, -0.15) is 11.3 Å². The van der Waals surface area contributed by atoms with Crippen LogP contribution < -0.4 is 5.32 Å². The summed E-state index contributed by atoms with van der Waals surface area (Å²) in [6, 6.07) is 9.32. The average Bonchev–Trinajstić information content (AvgIpc) is 2.96. The highest BCUT2D eigenvalue weighted by molar-refractivity contribution is 7.08. The molecule has 1 N–H and O–H groups in total. The van der Waals surface area contributed by atoms with Crippen LogP contribution in [0.4, 0.5) is 4.39 Å². The van der Waals surface area contributed by atoms with Crippen molar-refractivity contribution in [1.82, 2.24) is 10.2 Å². The van der Waals surface area contributed by atoms with Crippen molar-refractivity contribution in [3.63, 3.8) is 0 Å². The van der Waals surface area contributed by atoms with Gasteiger partial charge in [-0.05, 0) is 40.1 Å². The van der Waals surface area contributed by atoms with Gasteiger partial charge in [0.05, 0.1) is 6.04 Å².